The fourth-order valence-electron chi connectivity index (χ4n) is 4.53. The molecule has 1 amide bonds. The molecule has 3 nitrogen and oxygen atoms in total. The lowest BCUT2D eigenvalue weighted by Crippen LogP contribution is -2.40. The molecule has 4 aromatic carbocycles. The van der Waals surface area contributed by atoms with Crippen LogP contribution in [0.3, 0.4) is 0 Å². The summed E-state index contributed by atoms with van der Waals surface area (Å²) < 4.78 is 0. The van der Waals surface area contributed by atoms with Crippen molar-refractivity contribution in [3.8, 4) is 22.3 Å². The first-order valence-electron chi connectivity index (χ1n) is 11.0. The Hall–Kier alpha value is -3.69. The van der Waals surface area contributed by atoms with Gasteiger partial charge in [0, 0.05) is 13.0 Å². The average molecular weight is 419 g/mol. The van der Waals surface area contributed by atoms with Crippen molar-refractivity contribution in [3.05, 3.63) is 120 Å². The Bertz CT molecular complexity index is 1100. The molecule has 1 heterocycles. The van der Waals surface area contributed by atoms with Crippen LogP contribution in [0.4, 0.5) is 0 Å². The molecule has 0 saturated carbocycles. The molecule has 4 aromatic rings. The Morgan fingerprint density at radius 1 is 0.656 bits per heavy atom. The number of carbonyl (C=O) groups excluding carboxylic acids is 1. The smallest absolute Gasteiger partial charge is 0.237 e. The number of nitrogens with zero attached hydrogens (tertiary/aromatic N) is 1. The van der Waals surface area contributed by atoms with E-state index in [-0.39, 0.29) is 18.0 Å². The van der Waals surface area contributed by atoms with Gasteiger partial charge in [-0.25, -0.2) is 0 Å². The van der Waals surface area contributed by atoms with Crippen molar-refractivity contribution < 1.29 is 4.79 Å². The molecule has 32 heavy (non-hydrogen) atoms. The molecule has 0 spiro atoms. The van der Waals surface area contributed by atoms with E-state index in [9.17, 15) is 4.79 Å². The Labute approximate surface area is 189 Å². The van der Waals surface area contributed by atoms with Crippen LogP contribution in [0.15, 0.2) is 109 Å². The number of hydrogen-bond acceptors (Lipinski definition) is 2. The third-order valence-corrected chi connectivity index (χ3v) is 6.34. The van der Waals surface area contributed by atoms with E-state index in [0.29, 0.717) is 6.54 Å². The van der Waals surface area contributed by atoms with Crippen LogP contribution >= 0.6 is 0 Å². The highest BCUT2D eigenvalue weighted by Crippen LogP contribution is 2.34. The summed E-state index contributed by atoms with van der Waals surface area (Å²) in [5.41, 5.74) is 7.17. The minimum atomic E-state index is -0.0762. The molecule has 1 fully saturated rings. The van der Waals surface area contributed by atoms with E-state index in [1.165, 1.54) is 33.4 Å². The standard InChI is InChI=1S/C29H26N2O/c1-31-27(32)20-30-29(31)28(25-16-12-23(13-17-25)21-8-4-2-5-9-21)26-18-14-24(15-19-26)22-10-6-3-7-11-22/h2-19,28-30H,20H2,1H3/t29-/m0/s1. The molecule has 1 aliphatic rings. The van der Waals surface area contributed by atoms with Crippen molar-refractivity contribution in [3.63, 3.8) is 0 Å². The highest BCUT2D eigenvalue weighted by atomic mass is 16.2. The predicted octanol–water partition coefficient (Wildman–Crippen LogP) is 5.54. The highest BCUT2D eigenvalue weighted by Gasteiger charge is 2.35. The Morgan fingerprint density at radius 2 is 1.06 bits per heavy atom. The Morgan fingerprint density at radius 3 is 1.44 bits per heavy atom. The molecule has 0 radical (unpaired) electrons. The first kappa shape index (κ1) is 20.2. The molecule has 1 aliphatic heterocycles. The van der Waals surface area contributed by atoms with Crippen LogP contribution in [-0.2, 0) is 4.79 Å². The van der Waals surface area contributed by atoms with Crippen molar-refractivity contribution in [2.24, 2.45) is 0 Å². The van der Waals surface area contributed by atoms with Gasteiger partial charge in [-0.15, -0.1) is 0 Å². The summed E-state index contributed by atoms with van der Waals surface area (Å²) in [6.45, 7) is 0.377. The molecular weight excluding hydrogens is 392 g/mol. The monoisotopic (exact) mass is 418 g/mol. The topological polar surface area (TPSA) is 32.3 Å². The van der Waals surface area contributed by atoms with Crippen LogP contribution in [0.5, 0.6) is 0 Å². The van der Waals surface area contributed by atoms with Gasteiger partial charge < -0.3 is 4.90 Å². The minimum absolute atomic E-state index is 0.0427. The van der Waals surface area contributed by atoms with Crippen LogP contribution in [0, 0.1) is 0 Å². The normalized spacial score (nSPS) is 16.0. The molecule has 1 atom stereocenters. The summed E-state index contributed by atoms with van der Waals surface area (Å²) in [5, 5.41) is 3.42. The van der Waals surface area contributed by atoms with Gasteiger partial charge in [0.25, 0.3) is 0 Å². The first-order valence-corrected chi connectivity index (χ1v) is 11.0. The quantitative estimate of drug-likeness (QED) is 0.461. The first-order chi connectivity index (χ1) is 15.7. The number of hydrogen-bond donors (Lipinski definition) is 1. The maximum Gasteiger partial charge on any atom is 0.237 e. The molecular formula is C29H26N2O. The average Bonchev–Trinajstić information content (AvgIpc) is 3.19. The summed E-state index contributed by atoms with van der Waals surface area (Å²) >= 11 is 0. The van der Waals surface area contributed by atoms with Crippen LogP contribution in [0.1, 0.15) is 17.0 Å². The number of likely N-dealkylation sites (N-methyl/N-ethyl adjacent to an activating group) is 1. The molecule has 5 rings (SSSR count). The van der Waals surface area contributed by atoms with Crippen molar-refractivity contribution in [1.82, 2.24) is 10.2 Å². The van der Waals surface area contributed by atoms with Crippen molar-refractivity contribution in [2.45, 2.75) is 12.1 Å². The van der Waals surface area contributed by atoms with Crippen molar-refractivity contribution >= 4 is 5.91 Å². The van der Waals surface area contributed by atoms with E-state index < -0.39 is 0 Å². The Kier molecular flexibility index (Phi) is 5.57. The maximum atomic E-state index is 12.3. The number of benzene rings is 4. The van der Waals surface area contributed by atoms with Gasteiger partial charge >= 0.3 is 0 Å². The Balaban J connectivity index is 1.51. The van der Waals surface area contributed by atoms with Gasteiger partial charge in [0.2, 0.25) is 5.91 Å². The summed E-state index contributed by atoms with van der Waals surface area (Å²) in [7, 11) is 1.89. The molecule has 0 aliphatic carbocycles. The lowest BCUT2D eigenvalue weighted by Gasteiger charge is -2.30. The summed E-state index contributed by atoms with van der Waals surface area (Å²) in [4.78, 5) is 14.1. The molecule has 3 heteroatoms. The van der Waals surface area contributed by atoms with E-state index in [4.69, 9.17) is 0 Å². The van der Waals surface area contributed by atoms with E-state index in [2.05, 4.69) is 102 Å². The predicted molar refractivity (Wildman–Crippen MR) is 130 cm³/mol. The molecule has 0 unspecified atom stereocenters. The largest absolute Gasteiger partial charge is 0.328 e. The van der Waals surface area contributed by atoms with Gasteiger partial charge in [0.15, 0.2) is 0 Å². The van der Waals surface area contributed by atoms with Crippen LogP contribution in [0.2, 0.25) is 0 Å². The molecule has 0 aromatic heterocycles. The second kappa shape index (κ2) is 8.81. The lowest BCUT2D eigenvalue weighted by molar-refractivity contribution is -0.126. The molecule has 0 bridgehead atoms. The number of rotatable bonds is 5. The number of amides is 1. The van der Waals surface area contributed by atoms with Gasteiger partial charge in [0.05, 0.1) is 12.7 Å². The summed E-state index contributed by atoms with van der Waals surface area (Å²) in [6.07, 6.45) is -0.0762. The van der Waals surface area contributed by atoms with Crippen LogP contribution in [-0.4, -0.2) is 30.6 Å². The van der Waals surface area contributed by atoms with Gasteiger partial charge in [-0.2, -0.15) is 0 Å². The summed E-state index contributed by atoms with van der Waals surface area (Å²) in [6, 6.07) is 38.3. The SMILES string of the molecule is CN1C(=O)CN[C@@H]1C(c1ccc(-c2ccccc2)cc1)c1ccc(-c2ccccc2)cc1. The van der Waals surface area contributed by atoms with Crippen molar-refractivity contribution in [1.29, 1.82) is 0 Å². The fraction of sp³-hybridized carbons (Fsp3) is 0.138. The van der Waals surface area contributed by atoms with E-state index >= 15 is 0 Å². The fourth-order valence-corrected chi connectivity index (χ4v) is 4.53. The third-order valence-electron chi connectivity index (χ3n) is 6.34. The second-order valence-electron chi connectivity index (χ2n) is 8.28. The van der Waals surface area contributed by atoms with Gasteiger partial charge in [-0.3, -0.25) is 10.1 Å². The molecule has 158 valence electrons. The van der Waals surface area contributed by atoms with Gasteiger partial charge in [-0.1, -0.05) is 109 Å². The summed E-state index contributed by atoms with van der Waals surface area (Å²) in [5.74, 6) is 0.169. The van der Waals surface area contributed by atoms with Crippen LogP contribution in [0.25, 0.3) is 22.3 Å². The number of carbonyl (C=O) groups is 1. The number of nitrogens with one attached hydrogen (secondary N) is 1. The third kappa shape index (κ3) is 3.95. The zero-order valence-electron chi connectivity index (χ0n) is 18.1. The second-order valence-corrected chi connectivity index (χ2v) is 8.28. The van der Waals surface area contributed by atoms with Gasteiger partial charge in [0.1, 0.15) is 0 Å². The minimum Gasteiger partial charge on any atom is -0.328 e. The zero-order valence-corrected chi connectivity index (χ0v) is 18.1. The van der Waals surface area contributed by atoms with E-state index in [0.717, 1.165) is 0 Å². The lowest BCUT2D eigenvalue weighted by atomic mass is 9.86. The molecule has 1 saturated heterocycles. The van der Waals surface area contributed by atoms with Gasteiger partial charge in [-0.05, 0) is 33.4 Å². The zero-order chi connectivity index (χ0) is 21.9. The van der Waals surface area contributed by atoms with Crippen molar-refractivity contribution in [2.75, 3.05) is 13.6 Å². The maximum absolute atomic E-state index is 12.3. The highest BCUT2D eigenvalue weighted by molar-refractivity contribution is 5.80. The molecule has 1 N–H and O–H groups in total. The van der Waals surface area contributed by atoms with E-state index in [1.807, 2.05) is 24.1 Å². The van der Waals surface area contributed by atoms with E-state index in [1.54, 1.807) is 0 Å². The van der Waals surface area contributed by atoms with Crippen LogP contribution < -0.4 is 5.32 Å².